The van der Waals surface area contributed by atoms with E-state index in [9.17, 15) is 52.7 Å². The van der Waals surface area contributed by atoms with E-state index < -0.39 is 148 Å². The summed E-state index contributed by atoms with van der Waals surface area (Å²) in [5, 5.41) is 24.0. The molecule has 0 saturated heterocycles. The zero-order valence-electron chi connectivity index (χ0n) is 69.4. The number of rotatable bonds is 32. The van der Waals surface area contributed by atoms with E-state index in [-0.39, 0.29) is 64.8 Å². The Labute approximate surface area is 666 Å². The van der Waals surface area contributed by atoms with Gasteiger partial charge in [-0.25, -0.2) is 52.7 Å². The minimum absolute atomic E-state index is 0.0906. The van der Waals surface area contributed by atoms with Gasteiger partial charge >= 0.3 is 66.5 Å². The predicted octanol–water partition coefficient (Wildman–Crippen LogP) is 9.05. The summed E-state index contributed by atoms with van der Waals surface area (Å²) in [5.74, 6) is -4.99. The molecule has 0 aliphatic heterocycles. The predicted molar refractivity (Wildman–Crippen MR) is 416 cm³/mol. The fourth-order valence-electron chi connectivity index (χ4n) is 11.0. The fraction of sp³-hybridized carbons (Fsp3) is 0.543. The van der Waals surface area contributed by atoms with Crippen LogP contribution in [0.4, 0.5) is 33.6 Å². The van der Waals surface area contributed by atoms with Gasteiger partial charge in [0.1, 0.15) is 76.5 Å². The first kappa shape index (κ1) is 95.0. The molecule has 4 aromatic carbocycles. The second kappa shape index (κ2) is 42.5. The van der Waals surface area contributed by atoms with E-state index in [1.165, 1.54) is 0 Å². The smallest absolute Gasteiger partial charge is 0.408 e. The first-order valence-corrected chi connectivity index (χ1v) is 36.9. The average molecular weight is 1600 g/mol. The molecule has 0 bridgehead atoms. The summed E-state index contributed by atoms with van der Waals surface area (Å²) >= 11 is 0. The van der Waals surface area contributed by atoms with Crippen molar-refractivity contribution in [1.82, 2.24) is 47.9 Å². The number of amides is 9. The highest BCUT2D eigenvalue weighted by Crippen LogP contribution is 2.23. The highest BCUT2D eigenvalue weighted by atomic mass is 16.6. The second-order valence-corrected chi connectivity index (χ2v) is 32.8. The van der Waals surface area contributed by atoms with Gasteiger partial charge in [-0.2, -0.15) is 0 Å². The standard InChI is InChI=1S/C81H115N9O24/c1-76(2,3)109-70(98)85-57(63(91)82-43-54-33-50(39-59(65(93)104-19)87-72(100)111-78(7,8)9)29-51(34-54)40-60(66(94)105-20)88-73(101)112-79(10,11)12)37-48-28-49(32-56(31-48)45-84-69(97)108-46-47-26-24-23-25-27-47)38-58(86-71(99)110-77(4,5)6)64(92)83-44-55-35-52(41-61(67(95)106-21)89-74(102)113-80(13,14)15)30-53(36-55)42-62(68(96)107-22)90-75(103)114-81(16,17)18/h23-36,57-62H,37-46H2,1-22H3,(H,82,91)(H,83,92)(H,84,97)(H,85,98)(H,86,99)(H,87,100)(H,88,101)(H,89,102)(H,90,103)/t57-,58-,59-,60-,61-,62-/m0/s1. The molecule has 0 aromatic heterocycles. The van der Waals surface area contributed by atoms with Gasteiger partial charge in [0.25, 0.3) is 0 Å². The number of nitrogens with one attached hydrogen (secondary N) is 9. The van der Waals surface area contributed by atoms with Gasteiger partial charge < -0.3 is 100.0 Å². The number of esters is 4. The Bertz CT molecular complexity index is 3650. The molecule has 33 nitrogen and oxygen atoms in total. The van der Waals surface area contributed by atoms with Crippen LogP contribution in [-0.4, -0.2) is 177 Å². The van der Waals surface area contributed by atoms with Gasteiger partial charge in [-0.1, -0.05) is 84.9 Å². The normalized spacial score (nSPS) is 13.2. The Kier molecular flexibility index (Phi) is 35.4. The van der Waals surface area contributed by atoms with Crippen molar-refractivity contribution in [2.45, 2.75) is 259 Å². The van der Waals surface area contributed by atoms with Gasteiger partial charge in [0.05, 0.1) is 28.4 Å². The van der Waals surface area contributed by atoms with Crippen LogP contribution in [0.3, 0.4) is 0 Å². The zero-order valence-corrected chi connectivity index (χ0v) is 69.4. The van der Waals surface area contributed by atoms with Crippen molar-refractivity contribution in [2.24, 2.45) is 0 Å². The van der Waals surface area contributed by atoms with Gasteiger partial charge in [-0.05, 0) is 180 Å². The van der Waals surface area contributed by atoms with E-state index >= 15 is 9.59 Å². The lowest BCUT2D eigenvalue weighted by Gasteiger charge is -2.25. The molecule has 0 fully saturated rings. The Hall–Kier alpha value is -11.4. The number of hydrogen-bond acceptors (Lipinski definition) is 24. The SMILES string of the molecule is COC(=O)[C@H](Cc1cc(CNC(=O)[C@H](Cc2cc(CNC(=O)OCc3ccccc3)cc(C[C@H](NC(=O)OC(C)(C)C)C(=O)NCc3cc(C[C@H](NC(=O)OC(C)(C)C)C(=O)OC)cc(C[C@H](NC(=O)OC(C)(C)C)C(=O)OC)c3)c2)NC(=O)OC(C)(C)C)cc(C[C@H](NC(=O)OC(C)(C)C)C(=O)OC)c1)NC(=O)OC(C)(C)C. The molecule has 114 heavy (non-hydrogen) atoms. The van der Waals surface area contributed by atoms with Crippen molar-refractivity contribution in [1.29, 1.82) is 0 Å². The first-order chi connectivity index (χ1) is 52.8. The van der Waals surface area contributed by atoms with Gasteiger partial charge in [-0.3, -0.25) is 9.59 Å². The van der Waals surface area contributed by atoms with E-state index in [2.05, 4.69) is 47.9 Å². The number of carbonyl (C=O) groups is 13. The summed E-state index contributed by atoms with van der Waals surface area (Å²) in [6.45, 7) is 28.3. The van der Waals surface area contributed by atoms with Gasteiger partial charge in [0.15, 0.2) is 0 Å². The summed E-state index contributed by atoms with van der Waals surface area (Å²) in [5.41, 5.74) is -2.18. The molecule has 9 amide bonds. The number of benzene rings is 4. The number of hydrogen-bond donors (Lipinski definition) is 9. The molecule has 0 saturated carbocycles. The molecule has 628 valence electrons. The number of methoxy groups -OCH3 is 4. The summed E-state index contributed by atoms with van der Waals surface area (Å²) in [6, 6.07) is 15.0. The summed E-state index contributed by atoms with van der Waals surface area (Å²) in [6.07, 6.45) is -8.18. The van der Waals surface area contributed by atoms with Crippen molar-refractivity contribution in [3.8, 4) is 0 Å². The Morgan fingerprint density at radius 3 is 0.684 bits per heavy atom. The maximum atomic E-state index is 15.1. The highest BCUT2D eigenvalue weighted by Gasteiger charge is 2.34. The summed E-state index contributed by atoms with van der Waals surface area (Å²) in [4.78, 5) is 177. The Balaban J connectivity index is 1.92. The Morgan fingerprint density at radius 1 is 0.263 bits per heavy atom. The number of alkyl carbamates (subject to hydrolysis) is 7. The van der Waals surface area contributed by atoms with Crippen LogP contribution in [0.2, 0.25) is 0 Å². The molecule has 0 spiro atoms. The van der Waals surface area contributed by atoms with Gasteiger partial charge in [-0.15, -0.1) is 0 Å². The van der Waals surface area contributed by atoms with E-state index in [1.807, 2.05) is 0 Å². The van der Waals surface area contributed by atoms with Crippen LogP contribution in [-0.2, 0) is 146 Å². The largest absolute Gasteiger partial charge is 0.467 e. The van der Waals surface area contributed by atoms with Gasteiger partial charge in [0.2, 0.25) is 11.8 Å². The maximum absolute atomic E-state index is 15.1. The number of ether oxygens (including phenoxy) is 11. The molecule has 9 N–H and O–H groups in total. The lowest BCUT2D eigenvalue weighted by atomic mass is 9.95. The molecular formula is C81H115N9O24. The quantitative estimate of drug-likeness (QED) is 0.0162. The number of carbonyl (C=O) groups excluding carboxylic acids is 13. The molecule has 0 aliphatic rings. The zero-order chi connectivity index (χ0) is 85.9. The lowest BCUT2D eigenvalue weighted by Crippen LogP contribution is -2.49. The molecule has 4 aromatic rings. The molecule has 0 radical (unpaired) electrons. The minimum atomic E-state index is -1.50. The van der Waals surface area contributed by atoms with Crippen LogP contribution < -0.4 is 47.9 Å². The van der Waals surface area contributed by atoms with Crippen molar-refractivity contribution in [3.63, 3.8) is 0 Å². The molecule has 4 rings (SSSR count). The van der Waals surface area contributed by atoms with Crippen LogP contribution in [0.25, 0.3) is 0 Å². The van der Waals surface area contributed by atoms with Crippen LogP contribution in [0.5, 0.6) is 0 Å². The second-order valence-electron chi connectivity index (χ2n) is 32.8. The molecular weight excluding hydrogens is 1480 g/mol. The maximum Gasteiger partial charge on any atom is 0.408 e. The van der Waals surface area contributed by atoms with Crippen LogP contribution >= 0.6 is 0 Å². The van der Waals surface area contributed by atoms with Crippen molar-refractivity contribution < 1.29 is 114 Å². The monoisotopic (exact) mass is 1600 g/mol. The third kappa shape index (κ3) is 37.7. The average Bonchev–Trinajstić information content (AvgIpc) is 0.838. The van der Waals surface area contributed by atoms with E-state index in [0.29, 0.717) is 55.6 Å². The van der Waals surface area contributed by atoms with Crippen molar-refractivity contribution in [3.05, 3.63) is 141 Å². The molecule has 0 unspecified atom stereocenters. The molecule has 0 aliphatic carbocycles. The van der Waals surface area contributed by atoms with Crippen LogP contribution in [0.1, 0.15) is 180 Å². The lowest BCUT2D eigenvalue weighted by molar-refractivity contribution is -0.143. The fourth-order valence-corrected chi connectivity index (χ4v) is 11.0. The minimum Gasteiger partial charge on any atom is -0.467 e. The van der Waals surface area contributed by atoms with Crippen LogP contribution in [0.15, 0.2) is 84.9 Å². The third-order valence-electron chi connectivity index (χ3n) is 15.3. The van der Waals surface area contributed by atoms with E-state index in [4.69, 9.17) is 52.1 Å². The molecule has 33 heteroatoms. The van der Waals surface area contributed by atoms with Crippen molar-refractivity contribution >= 4 is 78.3 Å². The first-order valence-electron chi connectivity index (χ1n) is 36.9. The summed E-state index contributed by atoms with van der Waals surface area (Å²) in [7, 11) is 4.51. The third-order valence-corrected chi connectivity index (χ3v) is 15.3. The highest BCUT2D eigenvalue weighted by molar-refractivity contribution is 5.88. The van der Waals surface area contributed by atoms with Crippen LogP contribution in [0, 0.1) is 0 Å². The van der Waals surface area contributed by atoms with Crippen molar-refractivity contribution in [2.75, 3.05) is 28.4 Å². The molecule has 0 heterocycles. The van der Waals surface area contributed by atoms with E-state index in [0.717, 1.165) is 28.4 Å². The topological polar surface area (TPSA) is 432 Å². The molecule has 6 atom stereocenters. The Morgan fingerprint density at radius 2 is 0.465 bits per heavy atom. The van der Waals surface area contributed by atoms with Gasteiger partial charge in [0, 0.05) is 58.2 Å². The summed E-state index contributed by atoms with van der Waals surface area (Å²) < 4.78 is 59.0. The van der Waals surface area contributed by atoms with E-state index in [1.54, 1.807) is 210 Å².